The number of halogens is 21. The van der Waals surface area contributed by atoms with Gasteiger partial charge in [-0.15, -0.1) is 0 Å². The van der Waals surface area contributed by atoms with Crippen LogP contribution in [0.5, 0.6) is 0 Å². The first-order valence-corrected chi connectivity index (χ1v) is 8.03. The van der Waals surface area contributed by atoms with Crippen molar-refractivity contribution in [3.63, 3.8) is 0 Å². The lowest BCUT2D eigenvalue weighted by Gasteiger charge is -2.44. The highest BCUT2D eigenvalue weighted by Gasteiger charge is 2.98. The Morgan fingerprint density at radius 2 is 0.730 bits per heavy atom. The molecule has 37 heavy (non-hydrogen) atoms. The molecule has 0 spiro atoms. The third-order valence-corrected chi connectivity index (χ3v) is 4.03. The summed E-state index contributed by atoms with van der Waals surface area (Å²) in [6.07, 6.45) is -16.2. The maximum absolute atomic E-state index is 13.9. The van der Waals surface area contributed by atoms with E-state index < -0.39 is 71.7 Å². The molecule has 0 N–H and O–H groups in total. The summed E-state index contributed by atoms with van der Waals surface area (Å²) in [5.74, 6) is -73.8. The van der Waals surface area contributed by atoms with Crippen molar-refractivity contribution in [3.05, 3.63) is 12.2 Å². The van der Waals surface area contributed by atoms with Gasteiger partial charge in [0.2, 0.25) is 0 Å². The molecule has 220 valence electrons. The van der Waals surface area contributed by atoms with Gasteiger partial charge in [-0.2, -0.15) is 92.2 Å². The molecular weight excluding hydrogens is 599 g/mol. The maximum atomic E-state index is 13.9. The Hall–Kier alpha value is -2.26. The van der Waals surface area contributed by atoms with Crippen LogP contribution in [0.1, 0.15) is 6.92 Å². The first-order chi connectivity index (χ1) is 15.7. The van der Waals surface area contributed by atoms with Crippen LogP contribution in [-0.4, -0.2) is 65.6 Å². The molecule has 0 radical (unpaired) electrons. The second kappa shape index (κ2) is 8.90. The van der Waals surface area contributed by atoms with Gasteiger partial charge in [0.05, 0.1) is 0 Å². The number of esters is 1. The average molecular weight is 604 g/mol. The van der Waals surface area contributed by atoms with Crippen molar-refractivity contribution in [2.75, 3.05) is 0 Å². The Kier molecular flexibility index (Phi) is 8.36. The van der Waals surface area contributed by atoms with Crippen molar-refractivity contribution in [3.8, 4) is 0 Å². The molecule has 0 aromatic carbocycles. The number of carbonyl (C=O) groups is 1. The lowest BCUT2D eigenvalue weighted by Crippen LogP contribution is -2.77. The van der Waals surface area contributed by atoms with Gasteiger partial charge >= 0.3 is 65.6 Å². The summed E-state index contributed by atoms with van der Waals surface area (Å²) in [6.45, 7) is 0.606. The van der Waals surface area contributed by atoms with Crippen LogP contribution in [0.2, 0.25) is 0 Å². The van der Waals surface area contributed by atoms with Crippen LogP contribution in [0.4, 0.5) is 92.2 Å². The molecule has 0 rings (SSSR count). The molecule has 0 aliphatic carbocycles. The van der Waals surface area contributed by atoms with Crippen molar-refractivity contribution in [1.29, 1.82) is 0 Å². The smallest absolute Gasteiger partial charge is 0.411 e. The SMILES string of the molecule is C/C=C/C(=O)OC(F)(C(F)(F)F)C(F)(F)C(F)(F)C(F)(F)C(F)(F)C(F)(F)C(F)(F)C(F)(F)C(F)(F)F. The van der Waals surface area contributed by atoms with Crippen LogP contribution in [0.15, 0.2) is 12.2 Å². The summed E-state index contributed by atoms with van der Waals surface area (Å²) in [4.78, 5) is 10.8. The molecule has 23 heteroatoms. The second-order valence-electron chi connectivity index (χ2n) is 6.53. The molecular formula is C14H5F21O2. The zero-order valence-corrected chi connectivity index (χ0v) is 16.4. The number of alkyl halides is 21. The van der Waals surface area contributed by atoms with E-state index in [1.807, 2.05) is 0 Å². The van der Waals surface area contributed by atoms with Crippen LogP contribution in [0.3, 0.4) is 0 Å². The molecule has 0 aliphatic rings. The normalized spacial score (nSPS) is 17.7. The van der Waals surface area contributed by atoms with Crippen molar-refractivity contribution < 1.29 is 102 Å². The Morgan fingerprint density at radius 1 is 0.459 bits per heavy atom. The molecule has 2 nitrogen and oxygen atoms in total. The van der Waals surface area contributed by atoms with Crippen LogP contribution in [-0.2, 0) is 9.53 Å². The van der Waals surface area contributed by atoms with E-state index in [0.717, 1.165) is 0 Å². The predicted octanol–water partition coefficient (Wildman–Crippen LogP) is 7.34. The summed E-state index contributed by atoms with van der Waals surface area (Å²) < 4.78 is 277. The van der Waals surface area contributed by atoms with E-state index in [0.29, 0.717) is 6.92 Å². The monoisotopic (exact) mass is 604 g/mol. The molecule has 0 bridgehead atoms. The Labute approximate surface area is 188 Å². The van der Waals surface area contributed by atoms with Crippen LogP contribution >= 0.6 is 0 Å². The zero-order chi connectivity index (χ0) is 30.7. The average Bonchev–Trinajstić information content (AvgIpc) is 2.65. The first-order valence-electron chi connectivity index (χ1n) is 8.03. The summed E-state index contributed by atoms with van der Waals surface area (Å²) >= 11 is 0. The molecule has 0 aromatic heterocycles. The molecule has 1 unspecified atom stereocenters. The fraction of sp³-hybridized carbons (Fsp3) is 0.786. The summed E-state index contributed by atoms with van der Waals surface area (Å²) in [5, 5.41) is 0. The van der Waals surface area contributed by atoms with Crippen molar-refractivity contribution >= 4 is 5.97 Å². The molecule has 0 saturated heterocycles. The highest BCUT2D eigenvalue weighted by Crippen LogP contribution is 2.66. The van der Waals surface area contributed by atoms with Gasteiger partial charge in [0.15, 0.2) is 0 Å². The van der Waals surface area contributed by atoms with Crippen LogP contribution in [0, 0.1) is 0 Å². The van der Waals surface area contributed by atoms with Crippen molar-refractivity contribution in [1.82, 2.24) is 0 Å². The van der Waals surface area contributed by atoms with E-state index in [2.05, 4.69) is 4.74 Å². The summed E-state index contributed by atoms with van der Waals surface area (Å²) in [6, 6.07) is 0. The van der Waals surface area contributed by atoms with E-state index in [1.54, 1.807) is 0 Å². The molecule has 0 heterocycles. The minimum absolute atomic E-state index is 0.182. The molecule has 0 fully saturated rings. The lowest BCUT2D eigenvalue weighted by atomic mass is 9.87. The second-order valence-corrected chi connectivity index (χ2v) is 6.53. The number of allylic oxidation sites excluding steroid dienone is 1. The third-order valence-electron chi connectivity index (χ3n) is 4.03. The van der Waals surface area contributed by atoms with Gasteiger partial charge in [0.1, 0.15) is 0 Å². The van der Waals surface area contributed by atoms with Gasteiger partial charge < -0.3 is 4.74 Å². The van der Waals surface area contributed by atoms with E-state index in [4.69, 9.17) is 0 Å². The van der Waals surface area contributed by atoms with E-state index in [-0.39, 0.29) is 6.08 Å². The Balaban J connectivity index is 7.26. The lowest BCUT2D eigenvalue weighted by molar-refractivity contribution is -0.484. The zero-order valence-electron chi connectivity index (χ0n) is 16.4. The van der Waals surface area contributed by atoms with E-state index >= 15 is 0 Å². The highest BCUT2D eigenvalue weighted by atomic mass is 19.4. The minimum atomic E-state index is -9.25. The van der Waals surface area contributed by atoms with Gasteiger partial charge in [-0.1, -0.05) is 6.08 Å². The number of rotatable bonds is 9. The van der Waals surface area contributed by atoms with Crippen LogP contribution in [0.25, 0.3) is 0 Å². The van der Waals surface area contributed by atoms with Gasteiger partial charge in [0.25, 0.3) is 0 Å². The third kappa shape index (κ3) is 4.52. The van der Waals surface area contributed by atoms with Gasteiger partial charge in [-0.3, -0.25) is 0 Å². The summed E-state index contributed by atoms with van der Waals surface area (Å²) in [5.41, 5.74) is 0. The summed E-state index contributed by atoms with van der Waals surface area (Å²) in [7, 11) is 0. The molecule has 1 atom stereocenters. The van der Waals surface area contributed by atoms with Gasteiger partial charge in [-0.25, -0.2) is 4.79 Å². The highest BCUT2D eigenvalue weighted by molar-refractivity contribution is 5.82. The molecule has 0 amide bonds. The minimum Gasteiger partial charge on any atom is -0.411 e. The number of carbonyl (C=O) groups excluding carboxylic acids is 1. The van der Waals surface area contributed by atoms with Gasteiger partial charge in [0, 0.05) is 6.08 Å². The fourth-order valence-corrected chi connectivity index (χ4v) is 1.97. The quantitative estimate of drug-likeness (QED) is 0.157. The van der Waals surface area contributed by atoms with E-state index in [9.17, 15) is 97.0 Å². The Bertz CT molecular complexity index is 879. The van der Waals surface area contributed by atoms with Crippen molar-refractivity contribution in [2.45, 2.75) is 66.6 Å². The van der Waals surface area contributed by atoms with E-state index in [1.165, 1.54) is 0 Å². The number of hydrogen-bond acceptors (Lipinski definition) is 2. The number of ether oxygens (including phenoxy) is 1. The molecule has 0 saturated carbocycles. The molecule has 0 aromatic rings. The Morgan fingerprint density at radius 3 is 0.973 bits per heavy atom. The maximum Gasteiger partial charge on any atom is 0.467 e. The van der Waals surface area contributed by atoms with Crippen LogP contribution < -0.4 is 0 Å². The standard InChI is InChI=1S/C14H5F21O2/c1-2-3-4(36)37-12(29,14(33,34)35)10(25,26)8(21,22)6(17,18)5(15,16)7(19,20)9(23,24)11(27,28)13(30,31)32/h2-3H,1H3/b3-2+. The predicted molar refractivity (Wildman–Crippen MR) is 71.5 cm³/mol. The molecule has 0 aliphatic heterocycles. The fourth-order valence-electron chi connectivity index (χ4n) is 1.97. The number of hydrogen-bond donors (Lipinski definition) is 0. The first kappa shape index (κ1) is 34.7. The van der Waals surface area contributed by atoms with Crippen molar-refractivity contribution in [2.24, 2.45) is 0 Å². The largest absolute Gasteiger partial charge is 0.467 e. The van der Waals surface area contributed by atoms with Gasteiger partial charge in [-0.05, 0) is 6.92 Å². The topological polar surface area (TPSA) is 26.3 Å².